The zero-order chi connectivity index (χ0) is 16.2. The molecule has 2 aromatic carbocycles. The molecule has 0 unspecified atom stereocenters. The Kier molecular flexibility index (Phi) is 6.49. The quantitative estimate of drug-likeness (QED) is 0.389. The smallest absolute Gasteiger partial charge is 0.252 e. The van der Waals surface area contributed by atoms with Crippen LogP contribution in [0.4, 0.5) is 5.69 Å². The molecule has 0 saturated carbocycles. The highest BCUT2D eigenvalue weighted by atomic mass is 80.0. The maximum atomic E-state index is 12.3. The van der Waals surface area contributed by atoms with Gasteiger partial charge in [-0.3, -0.25) is 4.79 Å². The van der Waals surface area contributed by atoms with E-state index < -0.39 is 8.31 Å². The molecule has 2 aromatic rings. The van der Waals surface area contributed by atoms with Crippen molar-refractivity contribution >= 4 is 75.3 Å². The molecular formula is C15H12Br4N2O. The van der Waals surface area contributed by atoms with Gasteiger partial charge in [0.05, 0.1) is 0 Å². The summed E-state index contributed by atoms with van der Waals surface area (Å²) in [5, 5.41) is 6.19. The third-order valence-corrected chi connectivity index (χ3v) is 4.64. The van der Waals surface area contributed by atoms with Crippen molar-refractivity contribution in [3.63, 3.8) is 0 Å². The van der Waals surface area contributed by atoms with Gasteiger partial charge >= 0.3 is 0 Å². The highest BCUT2D eigenvalue weighted by molar-refractivity contribution is 9.39. The second kappa shape index (κ2) is 7.95. The summed E-state index contributed by atoms with van der Waals surface area (Å²) in [7, 11) is 0. The Bertz CT molecular complexity index is 643. The van der Waals surface area contributed by atoms with Crippen molar-refractivity contribution in [3.05, 3.63) is 64.6 Å². The lowest BCUT2D eigenvalue weighted by Gasteiger charge is -2.28. The van der Waals surface area contributed by atoms with E-state index in [2.05, 4.69) is 74.4 Å². The number of halogens is 4. The molecule has 0 aliphatic rings. The number of anilines is 1. The van der Waals surface area contributed by atoms with Crippen LogP contribution in [0.2, 0.25) is 0 Å². The van der Waals surface area contributed by atoms with E-state index >= 15 is 0 Å². The monoisotopic (exact) mass is 552 g/mol. The normalized spacial score (nSPS) is 12.5. The average molecular weight is 556 g/mol. The van der Waals surface area contributed by atoms with Gasteiger partial charge in [0.1, 0.15) is 6.17 Å². The van der Waals surface area contributed by atoms with Gasteiger partial charge in [0.2, 0.25) is 0 Å². The minimum absolute atomic E-state index is 0.171. The fourth-order valence-corrected chi connectivity index (χ4v) is 2.83. The number of benzene rings is 2. The first kappa shape index (κ1) is 18.0. The Morgan fingerprint density at radius 2 is 1.68 bits per heavy atom. The maximum absolute atomic E-state index is 12.3. The zero-order valence-corrected chi connectivity index (χ0v) is 17.5. The van der Waals surface area contributed by atoms with Crippen LogP contribution in [0.1, 0.15) is 10.4 Å². The summed E-state index contributed by atoms with van der Waals surface area (Å²) in [6.45, 7) is 0. The van der Waals surface area contributed by atoms with Gasteiger partial charge < -0.3 is 10.6 Å². The molecule has 22 heavy (non-hydrogen) atoms. The number of nitrogens with one attached hydrogen (secondary N) is 2. The number of alkyl halides is 3. The van der Waals surface area contributed by atoms with Crippen LogP contribution in [0.3, 0.4) is 0 Å². The van der Waals surface area contributed by atoms with Crippen molar-refractivity contribution in [2.75, 3.05) is 5.32 Å². The minimum Gasteiger partial charge on any atom is -0.363 e. The van der Waals surface area contributed by atoms with Crippen LogP contribution < -0.4 is 10.6 Å². The van der Waals surface area contributed by atoms with Crippen LogP contribution >= 0.6 is 63.7 Å². The van der Waals surface area contributed by atoms with Gasteiger partial charge in [0.15, 0.2) is 2.14 Å². The Balaban J connectivity index is 2.15. The third-order valence-electron chi connectivity index (χ3n) is 2.77. The van der Waals surface area contributed by atoms with E-state index in [1.807, 2.05) is 42.5 Å². The Morgan fingerprint density at radius 3 is 2.27 bits per heavy atom. The molecule has 0 radical (unpaired) electrons. The molecule has 1 atom stereocenters. The standard InChI is InChI=1S/C15H12Br4N2O/c16-11-7-4-8-12(9-11)20-14(15(17,18)19)21-13(22)10-5-2-1-3-6-10/h1-9,14,20H,(H,21,22)/t14-/m1/s1. The first-order valence-corrected chi connectivity index (χ1v) is 9.48. The van der Waals surface area contributed by atoms with Crippen molar-refractivity contribution in [1.29, 1.82) is 0 Å². The van der Waals surface area contributed by atoms with Crippen molar-refractivity contribution in [3.8, 4) is 0 Å². The summed E-state index contributed by atoms with van der Waals surface area (Å²) in [6.07, 6.45) is -0.436. The van der Waals surface area contributed by atoms with Crippen molar-refractivity contribution in [1.82, 2.24) is 5.32 Å². The fourth-order valence-electron chi connectivity index (χ4n) is 1.75. The third kappa shape index (κ3) is 5.37. The fraction of sp³-hybridized carbons (Fsp3) is 0.133. The molecule has 2 rings (SSSR count). The summed E-state index contributed by atoms with van der Waals surface area (Å²) < 4.78 is 0.259. The van der Waals surface area contributed by atoms with Crippen LogP contribution in [0, 0.1) is 0 Å². The Morgan fingerprint density at radius 1 is 1.00 bits per heavy atom. The molecule has 0 bridgehead atoms. The number of carbonyl (C=O) groups is 1. The second-order valence-corrected chi connectivity index (χ2v) is 12.3. The Labute approximate surface area is 162 Å². The molecule has 1 amide bonds. The van der Waals surface area contributed by atoms with Crippen molar-refractivity contribution in [2.24, 2.45) is 0 Å². The van der Waals surface area contributed by atoms with Gasteiger partial charge in [0, 0.05) is 15.7 Å². The number of hydrogen-bond donors (Lipinski definition) is 2. The first-order chi connectivity index (χ1) is 10.4. The van der Waals surface area contributed by atoms with Crippen LogP contribution in [-0.4, -0.2) is 14.2 Å². The first-order valence-electron chi connectivity index (χ1n) is 6.31. The lowest BCUT2D eigenvalue weighted by atomic mass is 10.2. The predicted molar refractivity (Wildman–Crippen MR) is 105 cm³/mol. The summed E-state index contributed by atoms with van der Waals surface area (Å²) in [6, 6.07) is 16.8. The number of carbonyl (C=O) groups excluding carboxylic acids is 1. The van der Waals surface area contributed by atoms with Gasteiger partial charge in [-0.15, -0.1) is 0 Å². The van der Waals surface area contributed by atoms with Crippen molar-refractivity contribution in [2.45, 2.75) is 8.31 Å². The summed E-state index contributed by atoms with van der Waals surface area (Å²) >= 11 is 13.8. The molecule has 0 aliphatic carbocycles. The number of amides is 1. The van der Waals surface area contributed by atoms with E-state index in [0.29, 0.717) is 5.56 Å². The van der Waals surface area contributed by atoms with Gasteiger partial charge in [0.25, 0.3) is 5.91 Å². The molecule has 116 valence electrons. The predicted octanol–water partition coefficient (Wildman–Crippen LogP) is 5.46. The molecule has 0 aromatic heterocycles. The SMILES string of the molecule is O=C(N[C@@H](Nc1cccc(Br)c1)C(Br)(Br)Br)c1ccccc1. The van der Waals surface area contributed by atoms with Crippen molar-refractivity contribution < 1.29 is 4.79 Å². The highest BCUT2D eigenvalue weighted by Crippen LogP contribution is 2.37. The molecule has 0 fully saturated rings. The van der Waals surface area contributed by atoms with E-state index in [-0.39, 0.29) is 5.91 Å². The molecular weight excluding hydrogens is 544 g/mol. The highest BCUT2D eigenvalue weighted by Gasteiger charge is 2.32. The summed E-state index contributed by atoms with van der Waals surface area (Å²) in [4.78, 5) is 12.3. The van der Waals surface area contributed by atoms with E-state index in [4.69, 9.17) is 0 Å². The molecule has 3 nitrogen and oxygen atoms in total. The molecule has 2 N–H and O–H groups in total. The van der Waals surface area contributed by atoms with E-state index in [9.17, 15) is 4.79 Å². The van der Waals surface area contributed by atoms with Gasteiger partial charge in [-0.1, -0.05) is 88.0 Å². The topological polar surface area (TPSA) is 41.1 Å². The molecule has 0 heterocycles. The van der Waals surface area contributed by atoms with Crippen LogP contribution in [0.5, 0.6) is 0 Å². The number of rotatable bonds is 4. The molecule has 0 aliphatic heterocycles. The van der Waals surface area contributed by atoms with E-state index in [1.54, 1.807) is 12.1 Å². The van der Waals surface area contributed by atoms with E-state index in [1.165, 1.54) is 0 Å². The van der Waals surface area contributed by atoms with Crippen LogP contribution in [0.15, 0.2) is 59.1 Å². The van der Waals surface area contributed by atoms with Gasteiger partial charge in [-0.25, -0.2) is 0 Å². The lowest BCUT2D eigenvalue weighted by molar-refractivity contribution is 0.0943. The van der Waals surface area contributed by atoms with Crippen LogP contribution in [0.25, 0.3) is 0 Å². The summed E-state index contributed by atoms with van der Waals surface area (Å²) in [5.41, 5.74) is 1.47. The van der Waals surface area contributed by atoms with Gasteiger partial charge in [-0.05, 0) is 30.3 Å². The lowest BCUT2D eigenvalue weighted by Crippen LogP contribution is -2.48. The summed E-state index contributed by atoms with van der Waals surface area (Å²) in [5.74, 6) is -0.171. The Hall–Kier alpha value is -0.370. The zero-order valence-electron chi connectivity index (χ0n) is 11.2. The van der Waals surface area contributed by atoms with Gasteiger partial charge in [-0.2, -0.15) is 0 Å². The van der Waals surface area contributed by atoms with E-state index in [0.717, 1.165) is 10.2 Å². The molecule has 0 saturated heterocycles. The minimum atomic E-state index is -0.695. The second-order valence-electron chi connectivity index (χ2n) is 4.47. The number of hydrogen-bond acceptors (Lipinski definition) is 2. The average Bonchev–Trinajstić information content (AvgIpc) is 2.46. The largest absolute Gasteiger partial charge is 0.363 e. The molecule has 0 spiro atoms. The van der Waals surface area contributed by atoms with Crippen LogP contribution in [-0.2, 0) is 0 Å². The maximum Gasteiger partial charge on any atom is 0.252 e. The molecule has 7 heteroatoms.